The van der Waals surface area contributed by atoms with Gasteiger partial charge in [0.25, 0.3) is 0 Å². The van der Waals surface area contributed by atoms with Crippen molar-refractivity contribution in [3.05, 3.63) is 22.3 Å². The van der Waals surface area contributed by atoms with E-state index in [9.17, 15) is 4.79 Å². The first-order valence-electron chi connectivity index (χ1n) is 5.06. The zero-order chi connectivity index (χ0) is 12.2. The summed E-state index contributed by atoms with van der Waals surface area (Å²) in [5.41, 5.74) is 1.54. The fourth-order valence-electron chi connectivity index (χ4n) is 0.884. The average molecular weight is 274 g/mol. The van der Waals surface area contributed by atoms with Crippen molar-refractivity contribution in [2.24, 2.45) is 5.41 Å². The predicted molar refractivity (Wildman–Crippen MR) is 68.7 cm³/mol. The average Bonchev–Trinajstić information content (AvgIpc) is 2.10. The first-order chi connectivity index (χ1) is 6.70. The molecule has 0 saturated carbocycles. The highest BCUT2D eigenvalue weighted by molar-refractivity contribution is 9.11. The highest BCUT2D eigenvalue weighted by atomic mass is 79.9. The third-order valence-electron chi connectivity index (χ3n) is 2.15. The molecule has 0 unspecified atom stereocenters. The first kappa shape index (κ1) is 14.4. The van der Waals surface area contributed by atoms with Gasteiger partial charge in [-0.2, -0.15) is 0 Å². The third kappa shape index (κ3) is 4.65. The van der Waals surface area contributed by atoms with Crippen molar-refractivity contribution in [1.82, 2.24) is 5.32 Å². The highest BCUT2D eigenvalue weighted by Crippen LogP contribution is 2.21. The van der Waals surface area contributed by atoms with Gasteiger partial charge in [0, 0.05) is 9.90 Å². The van der Waals surface area contributed by atoms with E-state index in [1.807, 2.05) is 27.7 Å². The molecule has 15 heavy (non-hydrogen) atoms. The van der Waals surface area contributed by atoms with Crippen LogP contribution in [0.25, 0.3) is 0 Å². The van der Waals surface area contributed by atoms with Crippen LogP contribution in [0.5, 0.6) is 0 Å². The molecule has 0 fully saturated rings. The molecule has 0 heterocycles. The fourth-order valence-corrected chi connectivity index (χ4v) is 1.32. The standard InChI is InChI=1S/C12H20BrNO/c1-7-8(2)10(9(3)13)14-11(15)12(4,5)6/h3,7H2,1-2,4-6H3,(H,14,15)/b10-8-. The summed E-state index contributed by atoms with van der Waals surface area (Å²) in [6.45, 7) is 13.5. The van der Waals surface area contributed by atoms with E-state index in [-0.39, 0.29) is 11.3 Å². The van der Waals surface area contributed by atoms with E-state index in [2.05, 4.69) is 34.7 Å². The van der Waals surface area contributed by atoms with Gasteiger partial charge in [-0.1, -0.05) is 34.3 Å². The fraction of sp³-hybridized carbons (Fsp3) is 0.583. The Bertz CT molecular complexity index is 297. The molecule has 0 aromatic rings. The minimum absolute atomic E-state index is 0.00546. The Morgan fingerprint density at radius 3 is 2.13 bits per heavy atom. The van der Waals surface area contributed by atoms with E-state index in [1.54, 1.807) is 0 Å². The minimum Gasteiger partial charge on any atom is -0.325 e. The van der Waals surface area contributed by atoms with Crippen LogP contribution < -0.4 is 5.32 Å². The maximum absolute atomic E-state index is 11.8. The summed E-state index contributed by atoms with van der Waals surface area (Å²) in [5, 5.41) is 2.90. The number of hydrogen-bond donors (Lipinski definition) is 1. The number of hydrogen-bond acceptors (Lipinski definition) is 1. The number of carbonyl (C=O) groups excluding carboxylic acids is 1. The maximum atomic E-state index is 11.8. The second kappa shape index (κ2) is 5.50. The Hall–Kier alpha value is -0.570. The number of rotatable bonds is 3. The lowest BCUT2D eigenvalue weighted by Gasteiger charge is -2.20. The minimum atomic E-state index is -0.387. The van der Waals surface area contributed by atoms with Crippen LogP contribution in [0.3, 0.4) is 0 Å². The number of nitrogens with one attached hydrogen (secondary N) is 1. The Morgan fingerprint density at radius 2 is 1.87 bits per heavy atom. The van der Waals surface area contributed by atoms with Gasteiger partial charge >= 0.3 is 0 Å². The lowest BCUT2D eigenvalue weighted by atomic mass is 9.95. The molecule has 1 N–H and O–H groups in total. The van der Waals surface area contributed by atoms with Gasteiger partial charge in [0.05, 0.1) is 5.70 Å². The number of halogens is 1. The van der Waals surface area contributed by atoms with E-state index in [0.717, 1.165) is 22.2 Å². The summed E-state index contributed by atoms with van der Waals surface area (Å²) >= 11 is 3.31. The van der Waals surface area contributed by atoms with Crippen LogP contribution in [-0.2, 0) is 4.79 Å². The van der Waals surface area contributed by atoms with Crippen LogP contribution in [0.1, 0.15) is 41.0 Å². The van der Waals surface area contributed by atoms with E-state index in [1.165, 1.54) is 0 Å². The molecule has 0 saturated heterocycles. The highest BCUT2D eigenvalue weighted by Gasteiger charge is 2.22. The molecule has 86 valence electrons. The SMILES string of the molecule is C=C(Br)/C(NC(=O)C(C)(C)C)=C(\C)CC. The van der Waals surface area contributed by atoms with Gasteiger partial charge in [-0.15, -0.1) is 0 Å². The largest absolute Gasteiger partial charge is 0.325 e. The van der Waals surface area contributed by atoms with Crippen LogP contribution in [0.4, 0.5) is 0 Å². The number of amides is 1. The molecule has 0 aromatic heterocycles. The van der Waals surface area contributed by atoms with Crippen molar-refractivity contribution in [2.45, 2.75) is 41.0 Å². The van der Waals surface area contributed by atoms with Gasteiger partial charge in [0.2, 0.25) is 5.91 Å². The molecule has 0 atom stereocenters. The van der Waals surface area contributed by atoms with E-state index < -0.39 is 0 Å². The van der Waals surface area contributed by atoms with Crippen molar-refractivity contribution in [2.75, 3.05) is 0 Å². The lowest BCUT2D eigenvalue weighted by molar-refractivity contribution is -0.127. The van der Waals surface area contributed by atoms with Crippen molar-refractivity contribution in [3.63, 3.8) is 0 Å². The lowest BCUT2D eigenvalue weighted by Crippen LogP contribution is -2.34. The van der Waals surface area contributed by atoms with Crippen molar-refractivity contribution in [1.29, 1.82) is 0 Å². The molecule has 0 aliphatic rings. The Balaban J connectivity index is 4.89. The zero-order valence-corrected chi connectivity index (χ0v) is 11.8. The molecule has 0 radical (unpaired) electrons. The molecule has 3 heteroatoms. The summed E-state index contributed by atoms with van der Waals surface area (Å²) < 4.78 is 0.722. The predicted octanol–water partition coefficient (Wildman–Crippen LogP) is 3.74. The second-order valence-corrected chi connectivity index (χ2v) is 5.58. The van der Waals surface area contributed by atoms with E-state index in [4.69, 9.17) is 0 Å². The first-order valence-corrected chi connectivity index (χ1v) is 5.85. The van der Waals surface area contributed by atoms with Crippen LogP contribution in [0, 0.1) is 5.41 Å². The van der Waals surface area contributed by atoms with Crippen LogP contribution >= 0.6 is 15.9 Å². The second-order valence-electron chi connectivity index (χ2n) is 4.62. The zero-order valence-electron chi connectivity index (χ0n) is 10.2. The number of carbonyl (C=O) groups is 1. The van der Waals surface area contributed by atoms with Gasteiger partial charge in [-0.3, -0.25) is 4.79 Å². The Morgan fingerprint density at radius 1 is 1.40 bits per heavy atom. The Kier molecular flexibility index (Phi) is 5.29. The summed E-state index contributed by atoms with van der Waals surface area (Å²) in [4.78, 5) is 11.8. The molecular formula is C12H20BrNO. The molecule has 0 aliphatic carbocycles. The molecule has 2 nitrogen and oxygen atoms in total. The van der Waals surface area contributed by atoms with Gasteiger partial charge < -0.3 is 5.32 Å². The Labute approximate surface area is 101 Å². The van der Waals surface area contributed by atoms with Crippen molar-refractivity contribution in [3.8, 4) is 0 Å². The maximum Gasteiger partial charge on any atom is 0.229 e. The monoisotopic (exact) mass is 273 g/mol. The normalized spacial score (nSPS) is 13.2. The van der Waals surface area contributed by atoms with Gasteiger partial charge in [-0.05, 0) is 34.8 Å². The smallest absolute Gasteiger partial charge is 0.229 e. The quantitative estimate of drug-likeness (QED) is 0.780. The molecule has 0 bridgehead atoms. The molecule has 0 aromatic carbocycles. The summed E-state index contributed by atoms with van der Waals surface area (Å²) in [7, 11) is 0. The topological polar surface area (TPSA) is 29.1 Å². The molecular weight excluding hydrogens is 254 g/mol. The number of allylic oxidation sites excluding steroid dienone is 2. The van der Waals surface area contributed by atoms with Crippen molar-refractivity contribution >= 4 is 21.8 Å². The van der Waals surface area contributed by atoms with Gasteiger partial charge in [0.15, 0.2) is 0 Å². The van der Waals surface area contributed by atoms with Crippen LogP contribution in [-0.4, -0.2) is 5.91 Å². The van der Waals surface area contributed by atoms with Crippen LogP contribution in [0.2, 0.25) is 0 Å². The molecule has 0 aliphatic heterocycles. The summed E-state index contributed by atoms with van der Waals surface area (Å²) in [6.07, 6.45) is 0.893. The summed E-state index contributed by atoms with van der Waals surface area (Å²) in [6, 6.07) is 0. The molecule has 0 spiro atoms. The van der Waals surface area contributed by atoms with Crippen molar-refractivity contribution < 1.29 is 4.79 Å². The van der Waals surface area contributed by atoms with Gasteiger partial charge in [0.1, 0.15) is 0 Å². The third-order valence-corrected chi connectivity index (χ3v) is 2.54. The molecule has 0 rings (SSSR count). The molecule has 1 amide bonds. The van der Waals surface area contributed by atoms with E-state index >= 15 is 0 Å². The van der Waals surface area contributed by atoms with E-state index in [0.29, 0.717) is 0 Å². The van der Waals surface area contributed by atoms with Gasteiger partial charge in [-0.25, -0.2) is 0 Å². The van der Waals surface area contributed by atoms with Crippen LogP contribution in [0.15, 0.2) is 22.3 Å². The summed E-state index contributed by atoms with van der Waals surface area (Å²) in [5.74, 6) is 0.00546.